The molecule has 1 aliphatic rings. The lowest BCUT2D eigenvalue weighted by molar-refractivity contribution is 0.0186. The van der Waals surface area contributed by atoms with Crippen LogP contribution in [0.2, 0.25) is 0 Å². The first kappa shape index (κ1) is 24.3. The van der Waals surface area contributed by atoms with E-state index in [1.807, 2.05) is 37.3 Å². The molecular formula is C26H31F2N3O3. The van der Waals surface area contributed by atoms with E-state index in [9.17, 15) is 13.9 Å². The first-order valence-corrected chi connectivity index (χ1v) is 11.7. The Bertz CT molecular complexity index is 1090. The standard InChI is InChI=1S/C26H31F2N3O3/c1-3-33-17-21(32)15-31(14-18-9-10-18)16-22-25(19-7-5-4-6-8-19)29-30(2)26(22)34-24-12-11-20(27)13-23(24)28/h4-8,11-13,18,21,32H,3,9-10,14-17H2,1-2H3/t21-/m0/s1. The van der Waals surface area contributed by atoms with Crippen molar-refractivity contribution in [2.75, 3.05) is 26.3 Å². The quantitative estimate of drug-likeness (QED) is 0.413. The van der Waals surface area contributed by atoms with E-state index in [0.29, 0.717) is 31.5 Å². The molecule has 8 heteroatoms. The molecule has 6 nitrogen and oxygen atoms in total. The van der Waals surface area contributed by atoms with E-state index >= 15 is 0 Å². The summed E-state index contributed by atoms with van der Waals surface area (Å²) < 4.78 is 40.8. The zero-order valence-electron chi connectivity index (χ0n) is 19.6. The summed E-state index contributed by atoms with van der Waals surface area (Å²) in [4.78, 5) is 2.18. The van der Waals surface area contributed by atoms with Crippen LogP contribution in [-0.2, 0) is 18.3 Å². The third-order valence-electron chi connectivity index (χ3n) is 5.81. The summed E-state index contributed by atoms with van der Waals surface area (Å²) in [6.45, 7) is 4.42. The SMILES string of the molecule is CCOC[C@@H](O)CN(Cc1c(-c2ccccc2)nn(C)c1Oc1ccc(F)cc1F)CC1CC1. The number of rotatable bonds is 12. The van der Waals surface area contributed by atoms with E-state index in [1.54, 1.807) is 11.7 Å². The topological polar surface area (TPSA) is 59.8 Å². The van der Waals surface area contributed by atoms with Crippen LogP contribution >= 0.6 is 0 Å². The summed E-state index contributed by atoms with van der Waals surface area (Å²) in [5, 5.41) is 15.2. The second kappa shape index (κ2) is 11.1. The molecule has 1 N–H and O–H groups in total. The van der Waals surface area contributed by atoms with Gasteiger partial charge in [0.05, 0.1) is 18.3 Å². The van der Waals surface area contributed by atoms with Crippen LogP contribution in [0.3, 0.4) is 0 Å². The minimum atomic E-state index is -0.782. The Labute approximate surface area is 198 Å². The lowest BCUT2D eigenvalue weighted by Gasteiger charge is -2.25. The maximum absolute atomic E-state index is 14.4. The van der Waals surface area contributed by atoms with Gasteiger partial charge in [-0.2, -0.15) is 5.10 Å². The molecule has 34 heavy (non-hydrogen) atoms. The number of benzene rings is 2. The van der Waals surface area contributed by atoms with Crippen molar-refractivity contribution in [3.63, 3.8) is 0 Å². The molecule has 1 aliphatic carbocycles. The van der Waals surface area contributed by atoms with Gasteiger partial charge >= 0.3 is 0 Å². The molecule has 1 saturated carbocycles. The zero-order chi connectivity index (χ0) is 24.1. The van der Waals surface area contributed by atoms with E-state index < -0.39 is 17.7 Å². The Balaban J connectivity index is 1.68. The summed E-state index contributed by atoms with van der Waals surface area (Å²) in [6.07, 6.45) is 1.70. The molecule has 0 saturated heterocycles. The molecule has 182 valence electrons. The van der Waals surface area contributed by atoms with Crippen molar-refractivity contribution >= 4 is 0 Å². The Morgan fingerprint density at radius 3 is 2.62 bits per heavy atom. The summed E-state index contributed by atoms with van der Waals surface area (Å²) >= 11 is 0. The molecule has 3 aromatic rings. The van der Waals surface area contributed by atoms with E-state index in [4.69, 9.17) is 9.47 Å². The molecule has 0 aliphatic heterocycles. The highest BCUT2D eigenvalue weighted by atomic mass is 19.1. The van der Waals surface area contributed by atoms with Crippen molar-refractivity contribution in [2.45, 2.75) is 32.4 Å². The number of nitrogens with zero attached hydrogens (tertiary/aromatic N) is 3. The molecule has 4 rings (SSSR count). The number of aromatic nitrogens is 2. The van der Waals surface area contributed by atoms with Crippen molar-refractivity contribution in [3.8, 4) is 22.9 Å². The number of hydrogen-bond acceptors (Lipinski definition) is 5. The van der Waals surface area contributed by atoms with Crippen LogP contribution in [0.4, 0.5) is 8.78 Å². The molecule has 1 atom stereocenters. The third-order valence-corrected chi connectivity index (χ3v) is 5.81. The monoisotopic (exact) mass is 471 g/mol. The minimum absolute atomic E-state index is 0.0737. The normalized spacial score (nSPS) is 14.5. The second-order valence-electron chi connectivity index (χ2n) is 8.75. The fourth-order valence-corrected chi connectivity index (χ4v) is 4.01. The van der Waals surface area contributed by atoms with E-state index in [0.717, 1.165) is 35.5 Å². The lowest BCUT2D eigenvalue weighted by atomic mass is 10.1. The Kier molecular flexibility index (Phi) is 7.92. The Morgan fingerprint density at radius 2 is 1.94 bits per heavy atom. The molecule has 0 bridgehead atoms. The Hall–Kier alpha value is -2.81. The smallest absolute Gasteiger partial charge is 0.222 e. The molecule has 2 aromatic carbocycles. The number of aliphatic hydroxyl groups excluding tert-OH is 1. The maximum Gasteiger partial charge on any atom is 0.222 e. The fourth-order valence-electron chi connectivity index (χ4n) is 4.01. The highest BCUT2D eigenvalue weighted by Crippen LogP contribution is 2.36. The summed E-state index contributed by atoms with van der Waals surface area (Å²) in [5.41, 5.74) is 2.41. The number of hydrogen-bond donors (Lipinski definition) is 1. The maximum atomic E-state index is 14.4. The van der Waals surface area contributed by atoms with Gasteiger partial charge in [-0.1, -0.05) is 30.3 Å². The molecular weight excluding hydrogens is 440 g/mol. The molecule has 1 fully saturated rings. The van der Waals surface area contributed by atoms with Crippen LogP contribution in [0, 0.1) is 17.6 Å². The third kappa shape index (κ3) is 6.20. The average molecular weight is 472 g/mol. The summed E-state index contributed by atoms with van der Waals surface area (Å²) in [6, 6.07) is 13.0. The van der Waals surface area contributed by atoms with E-state index in [1.165, 1.54) is 18.9 Å². The number of halogens is 2. The van der Waals surface area contributed by atoms with Gasteiger partial charge in [0, 0.05) is 44.9 Å². The van der Waals surface area contributed by atoms with Crippen molar-refractivity contribution in [3.05, 3.63) is 65.7 Å². The number of ether oxygens (including phenoxy) is 2. The number of aryl methyl sites for hydroxylation is 1. The Morgan fingerprint density at radius 1 is 1.18 bits per heavy atom. The summed E-state index contributed by atoms with van der Waals surface area (Å²) in [7, 11) is 1.74. The lowest BCUT2D eigenvalue weighted by Crippen LogP contribution is -2.36. The van der Waals surface area contributed by atoms with Crippen molar-refractivity contribution < 1.29 is 23.4 Å². The second-order valence-corrected chi connectivity index (χ2v) is 8.75. The summed E-state index contributed by atoms with van der Waals surface area (Å²) in [5.74, 6) is -0.552. The van der Waals surface area contributed by atoms with Gasteiger partial charge in [0.25, 0.3) is 0 Å². The van der Waals surface area contributed by atoms with Crippen LogP contribution in [0.5, 0.6) is 11.6 Å². The fraction of sp³-hybridized carbons (Fsp3) is 0.423. The van der Waals surface area contributed by atoms with Gasteiger partial charge in [-0.15, -0.1) is 0 Å². The average Bonchev–Trinajstić information content (AvgIpc) is 3.58. The van der Waals surface area contributed by atoms with Gasteiger partial charge in [0.1, 0.15) is 11.5 Å². The van der Waals surface area contributed by atoms with Gasteiger partial charge in [-0.3, -0.25) is 4.90 Å². The molecule has 1 heterocycles. The van der Waals surface area contributed by atoms with Gasteiger partial charge in [-0.05, 0) is 37.8 Å². The molecule has 0 unspecified atom stereocenters. The highest BCUT2D eigenvalue weighted by molar-refractivity contribution is 5.65. The van der Waals surface area contributed by atoms with Gasteiger partial charge in [-0.25, -0.2) is 13.5 Å². The highest BCUT2D eigenvalue weighted by Gasteiger charge is 2.29. The van der Waals surface area contributed by atoms with Crippen LogP contribution in [0.25, 0.3) is 11.3 Å². The van der Waals surface area contributed by atoms with Crippen LogP contribution < -0.4 is 4.74 Å². The van der Waals surface area contributed by atoms with Gasteiger partial charge < -0.3 is 14.6 Å². The molecule has 1 aromatic heterocycles. The molecule has 0 amide bonds. The van der Waals surface area contributed by atoms with Crippen LogP contribution in [0.15, 0.2) is 48.5 Å². The van der Waals surface area contributed by atoms with Gasteiger partial charge in [0.2, 0.25) is 5.88 Å². The van der Waals surface area contributed by atoms with E-state index in [2.05, 4.69) is 10.00 Å². The zero-order valence-corrected chi connectivity index (χ0v) is 19.6. The molecule has 0 spiro atoms. The van der Waals surface area contributed by atoms with Crippen LogP contribution in [-0.4, -0.2) is 52.2 Å². The van der Waals surface area contributed by atoms with Crippen molar-refractivity contribution in [1.82, 2.24) is 14.7 Å². The predicted octanol–water partition coefficient (Wildman–Crippen LogP) is 4.77. The largest absolute Gasteiger partial charge is 0.436 e. The first-order chi connectivity index (χ1) is 16.4. The minimum Gasteiger partial charge on any atom is -0.436 e. The number of aliphatic hydroxyl groups is 1. The molecule has 0 radical (unpaired) electrons. The predicted molar refractivity (Wildman–Crippen MR) is 126 cm³/mol. The first-order valence-electron chi connectivity index (χ1n) is 11.7. The van der Waals surface area contributed by atoms with Crippen LogP contribution in [0.1, 0.15) is 25.3 Å². The van der Waals surface area contributed by atoms with Crippen molar-refractivity contribution in [2.24, 2.45) is 13.0 Å². The van der Waals surface area contributed by atoms with Gasteiger partial charge in [0.15, 0.2) is 11.6 Å². The van der Waals surface area contributed by atoms with Crippen molar-refractivity contribution in [1.29, 1.82) is 0 Å². The van der Waals surface area contributed by atoms with E-state index in [-0.39, 0.29) is 12.4 Å².